The van der Waals surface area contributed by atoms with E-state index in [1.165, 1.54) is 17.3 Å². The third-order valence-corrected chi connectivity index (χ3v) is 9.94. The Balaban J connectivity index is 1.20. The molecule has 0 saturated carbocycles. The van der Waals surface area contributed by atoms with Crippen LogP contribution < -0.4 is 11.5 Å². The van der Waals surface area contributed by atoms with Crippen molar-refractivity contribution in [3.8, 4) is 0 Å². The topological polar surface area (TPSA) is 347 Å². The summed E-state index contributed by atoms with van der Waals surface area (Å²) >= 11 is 0. The van der Waals surface area contributed by atoms with E-state index in [2.05, 4.69) is 19.3 Å². The Kier molecular flexibility index (Phi) is 10.1. The number of anilines is 1. The molecule has 26 heteroatoms. The predicted molar refractivity (Wildman–Crippen MR) is 148 cm³/mol. The van der Waals surface area contributed by atoms with Crippen molar-refractivity contribution in [3.63, 3.8) is 0 Å². The Bertz CT molecular complexity index is 1640. The molecule has 3 aliphatic heterocycles. The minimum atomic E-state index is -5.48. The standard InChI is InChI=1S/C20H30N7O16P3/c21-9-2-1-3-26(4-9)19-15(30)13(28)10(40-19)5-38-45(34,35)43-46(36,37)39-6-11-14(29)16(42-44(31,32)33)20(41-11)27-8-25-12-17(22)23-7-24-18(12)27/h1,3-4,7-8,10-11,13-16,19-20,28-30H,2,5-6,21H2,(H,34,35)(H,36,37)(H2,22,23,24)(H2,31,32,33). The number of aliphatic hydroxyl groups excluding tert-OH is 3. The number of allylic oxidation sites excluding steroid dienone is 1. The maximum Gasteiger partial charge on any atom is 0.481 e. The van der Waals surface area contributed by atoms with Crippen LogP contribution in [0, 0.1) is 0 Å². The maximum atomic E-state index is 12.5. The number of rotatable bonds is 12. The molecule has 0 spiro atoms. The van der Waals surface area contributed by atoms with Crippen molar-refractivity contribution in [2.45, 2.75) is 55.5 Å². The van der Waals surface area contributed by atoms with Gasteiger partial charge in [0.05, 0.1) is 19.5 Å². The fourth-order valence-corrected chi connectivity index (χ4v) is 7.43. The molecule has 3 aliphatic rings. The van der Waals surface area contributed by atoms with Crippen LogP contribution in [0.2, 0.25) is 0 Å². The highest BCUT2D eigenvalue weighted by Gasteiger charge is 2.51. The molecule has 0 amide bonds. The van der Waals surface area contributed by atoms with Gasteiger partial charge in [-0.1, -0.05) is 6.08 Å². The lowest BCUT2D eigenvalue weighted by molar-refractivity contribution is -0.0652. The fraction of sp³-hybridized carbons (Fsp3) is 0.550. The number of hydrogen-bond donors (Lipinski definition) is 9. The zero-order chi connectivity index (χ0) is 33.6. The highest BCUT2D eigenvalue weighted by Crippen LogP contribution is 2.61. The van der Waals surface area contributed by atoms with Crippen molar-refractivity contribution >= 4 is 40.4 Å². The lowest BCUT2D eigenvalue weighted by Crippen LogP contribution is -2.40. The largest absolute Gasteiger partial charge is 0.481 e. The summed E-state index contributed by atoms with van der Waals surface area (Å²) in [4.78, 5) is 52.0. The summed E-state index contributed by atoms with van der Waals surface area (Å²) in [6, 6.07) is 0. The molecule has 0 aromatic carbocycles. The Morgan fingerprint density at radius 3 is 2.15 bits per heavy atom. The summed E-state index contributed by atoms with van der Waals surface area (Å²) in [5, 5.41) is 31.4. The molecule has 2 saturated heterocycles. The third-order valence-electron chi connectivity index (χ3n) is 6.82. The van der Waals surface area contributed by atoms with Gasteiger partial charge in [0.25, 0.3) is 0 Å². The van der Waals surface area contributed by atoms with Crippen LogP contribution in [-0.2, 0) is 41.1 Å². The molecule has 0 radical (unpaired) electrons. The van der Waals surface area contributed by atoms with E-state index in [0.717, 1.165) is 17.2 Å². The molecule has 5 rings (SSSR count). The number of phosphoric ester groups is 3. The molecule has 10 atom stereocenters. The Morgan fingerprint density at radius 1 is 0.891 bits per heavy atom. The molecule has 11 N–H and O–H groups in total. The van der Waals surface area contributed by atoms with Crippen LogP contribution in [0.3, 0.4) is 0 Å². The second-order valence-corrected chi connectivity index (χ2v) is 14.3. The van der Waals surface area contributed by atoms with Crippen molar-refractivity contribution in [1.82, 2.24) is 24.4 Å². The van der Waals surface area contributed by atoms with Crippen LogP contribution in [-0.4, -0.2) is 115 Å². The molecule has 2 fully saturated rings. The molecular formula is C20H30N7O16P3. The minimum Gasteiger partial charge on any atom is -0.401 e. The average Bonchev–Trinajstić information content (AvgIpc) is 3.60. The van der Waals surface area contributed by atoms with Gasteiger partial charge in [-0.15, -0.1) is 0 Å². The van der Waals surface area contributed by atoms with E-state index in [4.69, 9.17) is 34.5 Å². The lowest BCUT2D eigenvalue weighted by Gasteiger charge is -2.28. The Morgan fingerprint density at radius 2 is 1.52 bits per heavy atom. The molecule has 5 heterocycles. The lowest BCUT2D eigenvalue weighted by atomic mass is 10.1. The molecule has 2 aromatic rings. The molecule has 0 aliphatic carbocycles. The van der Waals surface area contributed by atoms with Crippen LogP contribution in [0.15, 0.2) is 36.8 Å². The summed E-state index contributed by atoms with van der Waals surface area (Å²) in [6.45, 7) is -1.94. The molecule has 23 nitrogen and oxygen atoms in total. The first-order chi connectivity index (χ1) is 21.4. The van der Waals surface area contributed by atoms with E-state index in [-0.39, 0.29) is 17.0 Å². The second-order valence-electron chi connectivity index (χ2n) is 10.1. The van der Waals surface area contributed by atoms with Crippen molar-refractivity contribution in [1.29, 1.82) is 0 Å². The third kappa shape index (κ3) is 7.83. The number of aromatic nitrogens is 4. The number of aliphatic hydroxyl groups is 3. The van der Waals surface area contributed by atoms with Gasteiger partial charge in [0.2, 0.25) is 0 Å². The van der Waals surface area contributed by atoms with Crippen LogP contribution in [0.5, 0.6) is 0 Å². The number of nitrogens with two attached hydrogens (primary N) is 2. The summed E-state index contributed by atoms with van der Waals surface area (Å²) in [5.41, 5.74) is 12.0. The molecule has 10 unspecified atom stereocenters. The average molecular weight is 717 g/mol. The van der Waals surface area contributed by atoms with Crippen LogP contribution in [0.4, 0.5) is 5.82 Å². The first-order valence-electron chi connectivity index (χ1n) is 13.0. The maximum absolute atomic E-state index is 12.5. The van der Waals surface area contributed by atoms with Gasteiger partial charge in [0.1, 0.15) is 48.5 Å². The van der Waals surface area contributed by atoms with E-state index in [0.29, 0.717) is 12.1 Å². The Hall–Kier alpha value is -2.40. The van der Waals surface area contributed by atoms with Crippen molar-refractivity contribution < 1.29 is 75.9 Å². The summed E-state index contributed by atoms with van der Waals surface area (Å²) < 4.78 is 67.2. The molecule has 256 valence electrons. The first kappa shape index (κ1) is 34.9. The van der Waals surface area contributed by atoms with Gasteiger partial charge in [0.15, 0.2) is 23.9 Å². The highest BCUT2D eigenvalue weighted by atomic mass is 31.3. The summed E-state index contributed by atoms with van der Waals surface area (Å²) in [6.07, 6.45) is -5.31. The van der Waals surface area contributed by atoms with E-state index < -0.39 is 85.8 Å². The van der Waals surface area contributed by atoms with Crippen LogP contribution in [0.25, 0.3) is 11.2 Å². The van der Waals surface area contributed by atoms with E-state index in [1.54, 1.807) is 6.08 Å². The van der Waals surface area contributed by atoms with Gasteiger partial charge in [-0.3, -0.25) is 18.1 Å². The van der Waals surface area contributed by atoms with Crippen molar-refractivity contribution in [2.75, 3.05) is 18.9 Å². The summed E-state index contributed by atoms with van der Waals surface area (Å²) in [7, 11) is -16.1. The fourth-order valence-electron chi connectivity index (χ4n) is 4.79. The zero-order valence-corrected chi connectivity index (χ0v) is 25.8. The summed E-state index contributed by atoms with van der Waals surface area (Å²) in [5.74, 6) is -0.0462. The molecule has 2 aromatic heterocycles. The predicted octanol–water partition coefficient (Wildman–Crippen LogP) is -2.14. The molecule has 46 heavy (non-hydrogen) atoms. The molecule has 0 bridgehead atoms. The van der Waals surface area contributed by atoms with Crippen LogP contribution in [0.1, 0.15) is 12.6 Å². The van der Waals surface area contributed by atoms with Gasteiger partial charge < -0.3 is 60.7 Å². The monoisotopic (exact) mass is 717 g/mol. The molecular weight excluding hydrogens is 687 g/mol. The number of fused-ring (bicyclic) bond motifs is 1. The van der Waals surface area contributed by atoms with E-state index in [9.17, 15) is 48.6 Å². The highest BCUT2D eigenvalue weighted by molar-refractivity contribution is 7.61. The smallest absolute Gasteiger partial charge is 0.401 e. The van der Waals surface area contributed by atoms with Gasteiger partial charge >= 0.3 is 23.5 Å². The number of ether oxygens (including phenoxy) is 2. The van der Waals surface area contributed by atoms with E-state index in [1.807, 2.05) is 0 Å². The quantitative estimate of drug-likeness (QED) is 0.106. The first-order valence-corrected chi connectivity index (χ1v) is 17.5. The number of imidazole rings is 1. The van der Waals surface area contributed by atoms with Gasteiger partial charge in [0, 0.05) is 24.5 Å². The van der Waals surface area contributed by atoms with E-state index >= 15 is 0 Å². The van der Waals surface area contributed by atoms with Gasteiger partial charge in [-0.25, -0.2) is 28.6 Å². The van der Waals surface area contributed by atoms with Gasteiger partial charge in [-0.05, 0) is 0 Å². The number of nitrogens with zero attached hydrogens (tertiary/aromatic N) is 5. The van der Waals surface area contributed by atoms with Crippen molar-refractivity contribution in [3.05, 3.63) is 36.8 Å². The van der Waals surface area contributed by atoms with Crippen LogP contribution >= 0.6 is 23.5 Å². The minimum absolute atomic E-state index is 0.0169. The second kappa shape index (κ2) is 13.2. The SMILES string of the molecule is NC1=CN(C2OC(COP(=O)(O)OP(=O)(O)OCC3OC(n4cnc5c(N)ncnc54)C(OP(=O)(O)O)C3O)C(O)C2O)C=CC1. The van der Waals surface area contributed by atoms with Gasteiger partial charge in [-0.2, -0.15) is 4.31 Å². The Labute approximate surface area is 258 Å². The van der Waals surface area contributed by atoms with Crippen molar-refractivity contribution in [2.24, 2.45) is 5.73 Å². The zero-order valence-electron chi connectivity index (χ0n) is 23.2. The number of nitrogen functional groups attached to an aromatic ring is 1. The number of phosphoric acid groups is 3. The normalized spacial score (nSPS) is 32.8. The number of hydrogen-bond acceptors (Lipinski definition) is 18.